The Morgan fingerprint density at radius 2 is 1.85 bits per heavy atom. The van der Waals surface area contributed by atoms with Crippen LogP contribution in [0.25, 0.3) is 0 Å². The predicted octanol–water partition coefficient (Wildman–Crippen LogP) is 3.13. The van der Waals surface area contributed by atoms with Crippen LogP contribution in [0.2, 0.25) is 0 Å². The fourth-order valence-corrected chi connectivity index (χ4v) is 2.74. The zero-order chi connectivity index (χ0) is 18.7. The van der Waals surface area contributed by atoms with Crippen LogP contribution in [-0.2, 0) is 0 Å². The Labute approximate surface area is 149 Å². The number of nitrogens with zero attached hydrogens (tertiary/aromatic N) is 1. The van der Waals surface area contributed by atoms with Gasteiger partial charge in [0, 0.05) is 6.07 Å². The summed E-state index contributed by atoms with van der Waals surface area (Å²) in [5.41, 5.74) is 0.161. The van der Waals surface area contributed by atoms with Crippen LogP contribution >= 0.6 is 0 Å². The van der Waals surface area contributed by atoms with E-state index in [9.17, 15) is 14.0 Å². The van der Waals surface area contributed by atoms with Crippen molar-refractivity contribution in [2.75, 3.05) is 17.7 Å². The highest BCUT2D eigenvalue weighted by atomic mass is 19.1. The average Bonchev–Trinajstić information content (AvgIpc) is 2.68. The zero-order valence-corrected chi connectivity index (χ0v) is 14.4. The number of methoxy groups -OCH3 is 1. The van der Waals surface area contributed by atoms with Crippen LogP contribution in [0.15, 0.2) is 52.2 Å². The smallest absolute Gasteiger partial charge is 0.253 e. The number of hydrogen-bond acceptors (Lipinski definition) is 6. The maximum atomic E-state index is 13.5. The molecule has 2 aromatic carbocycles. The molecule has 0 aliphatic heterocycles. The lowest BCUT2D eigenvalue weighted by Gasteiger charge is -2.22. The van der Waals surface area contributed by atoms with Gasteiger partial charge in [0.05, 0.1) is 19.3 Å². The molecule has 3 rings (SSSR count). The molecular weight excluding hydrogens is 337 g/mol. The normalized spacial score (nSPS) is 12.0. The van der Waals surface area contributed by atoms with Crippen molar-refractivity contribution < 1.29 is 9.13 Å². The first-order chi connectivity index (χ1) is 12.5. The quantitative estimate of drug-likeness (QED) is 0.634. The predicted molar refractivity (Wildman–Crippen MR) is 98.5 cm³/mol. The van der Waals surface area contributed by atoms with Crippen molar-refractivity contribution in [3.8, 4) is 5.88 Å². The van der Waals surface area contributed by atoms with E-state index in [1.54, 1.807) is 0 Å². The summed E-state index contributed by atoms with van der Waals surface area (Å²) in [6.07, 6.45) is 1.72. The molecule has 0 amide bonds. The lowest BCUT2D eigenvalue weighted by Crippen LogP contribution is -2.37. The van der Waals surface area contributed by atoms with Crippen LogP contribution in [0, 0.1) is 5.82 Å². The van der Waals surface area contributed by atoms with E-state index in [2.05, 4.69) is 15.6 Å². The Kier molecular flexibility index (Phi) is 4.97. The van der Waals surface area contributed by atoms with Gasteiger partial charge in [0.1, 0.15) is 22.9 Å². The number of nitrogens with one attached hydrogen (secondary N) is 2. The molecule has 1 aromatic heterocycles. The van der Waals surface area contributed by atoms with E-state index in [4.69, 9.17) is 4.74 Å². The molecule has 0 aliphatic rings. The number of halogens is 1. The number of hydrogen-bond donors (Lipinski definition) is 2. The Morgan fingerprint density at radius 1 is 1.15 bits per heavy atom. The fraction of sp³-hybridized carbons (Fsp3) is 0.211. The maximum Gasteiger partial charge on any atom is 0.253 e. The van der Waals surface area contributed by atoms with E-state index in [1.807, 2.05) is 37.3 Å². The number of rotatable bonds is 7. The second-order valence-corrected chi connectivity index (χ2v) is 5.76. The van der Waals surface area contributed by atoms with Crippen LogP contribution in [-0.4, -0.2) is 12.1 Å². The molecule has 6 nitrogen and oxygen atoms in total. The Balaban J connectivity index is 1.90. The van der Waals surface area contributed by atoms with Gasteiger partial charge in [0.2, 0.25) is 5.88 Å². The monoisotopic (exact) mass is 355 g/mol. The third-order valence-electron chi connectivity index (χ3n) is 4.11. The Morgan fingerprint density at radius 3 is 2.50 bits per heavy atom. The van der Waals surface area contributed by atoms with Gasteiger partial charge in [0.15, 0.2) is 0 Å². The van der Waals surface area contributed by atoms with Gasteiger partial charge in [-0.3, -0.25) is 9.59 Å². The Hall–Kier alpha value is -3.22. The van der Waals surface area contributed by atoms with Gasteiger partial charge in [-0.15, -0.1) is 0 Å². The molecular formula is C19H18FN3O3. The fourth-order valence-electron chi connectivity index (χ4n) is 2.74. The van der Waals surface area contributed by atoms with Crippen molar-refractivity contribution in [1.82, 2.24) is 4.98 Å². The maximum absolute atomic E-state index is 13.5. The molecule has 26 heavy (non-hydrogen) atoms. The molecule has 0 fully saturated rings. The summed E-state index contributed by atoms with van der Waals surface area (Å²) in [5, 5.41) is 5.88. The molecule has 0 radical (unpaired) electrons. The molecule has 1 heterocycles. The van der Waals surface area contributed by atoms with E-state index in [0.717, 1.165) is 17.8 Å². The molecule has 7 heteroatoms. The molecule has 0 spiro atoms. The van der Waals surface area contributed by atoms with Crippen molar-refractivity contribution in [2.24, 2.45) is 0 Å². The standard InChI is InChI=1S/C19H18FN3O3/c1-3-13(11-7-5-4-6-8-11)22-15-16(18(25)17(15)24)23-14-9-12(20)10-21-19(14)26-2/h4-10,13,22-23H,3H2,1-2H3. The summed E-state index contributed by atoms with van der Waals surface area (Å²) in [5.74, 6) is -0.460. The van der Waals surface area contributed by atoms with Gasteiger partial charge >= 0.3 is 0 Å². The lowest BCUT2D eigenvalue weighted by atomic mass is 10.0. The third-order valence-corrected chi connectivity index (χ3v) is 4.11. The number of anilines is 3. The van der Waals surface area contributed by atoms with Crippen molar-refractivity contribution >= 4 is 17.1 Å². The zero-order valence-electron chi connectivity index (χ0n) is 14.4. The molecule has 1 unspecified atom stereocenters. The minimum Gasteiger partial charge on any atom is -0.480 e. The van der Waals surface area contributed by atoms with Crippen LogP contribution < -0.4 is 26.2 Å². The van der Waals surface area contributed by atoms with Crippen molar-refractivity contribution in [3.63, 3.8) is 0 Å². The molecule has 0 saturated heterocycles. The topological polar surface area (TPSA) is 80.3 Å². The van der Waals surface area contributed by atoms with Crippen LogP contribution in [0.1, 0.15) is 24.9 Å². The summed E-state index contributed by atoms with van der Waals surface area (Å²) < 4.78 is 18.5. The van der Waals surface area contributed by atoms with E-state index in [0.29, 0.717) is 6.42 Å². The highest BCUT2D eigenvalue weighted by molar-refractivity contribution is 5.80. The minimum atomic E-state index is -0.665. The van der Waals surface area contributed by atoms with Crippen molar-refractivity contribution in [3.05, 3.63) is 74.4 Å². The molecule has 134 valence electrons. The van der Waals surface area contributed by atoms with Crippen molar-refractivity contribution in [2.45, 2.75) is 19.4 Å². The van der Waals surface area contributed by atoms with Gasteiger partial charge in [0.25, 0.3) is 10.9 Å². The number of benzene rings is 1. The highest BCUT2D eigenvalue weighted by Crippen LogP contribution is 2.30. The van der Waals surface area contributed by atoms with E-state index < -0.39 is 16.7 Å². The molecule has 0 saturated carbocycles. The molecule has 0 aliphatic carbocycles. The van der Waals surface area contributed by atoms with E-state index in [1.165, 1.54) is 7.11 Å². The average molecular weight is 355 g/mol. The first kappa shape index (κ1) is 17.6. The summed E-state index contributed by atoms with van der Waals surface area (Å²) >= 11 is 0. The van der Waals surface area contributed by atoms with E-state index in [-0.39, 0.29) is 29.0 Å². The van der Waals surface area contributed by atoms with Gasteiger partial charge in [-0.1, -0.05) is 37.3 Å². The second-order valence-electron chi connectivity index (χ2n) is 5.76. The largest absolute Gasteiger partial charge is 0.480 e. The van der Waals surface area contributed by atoms with Crippen molar-refractivity contribution in [1.29, 1.82) is 0 Å². The number of ether oxygens (including phenoxy) is 1. The third kappa shape index (κ3) is 3.28. The minimum absolute atomic E-state index is 0.0788. The van der Waals surface area contributed by atoms with Crippen LogP contribution in [0.4, 0.5) is 21.5 Å². The number of pyridine rings is 1. The summed E-state index contributed by atoms with van der Waals surface area (Å²) in [4.78, 5) is 27.8. The lowest BCUT2D eigenvalue weighted by molar-refractivity contribution is 0.398. The summed E-state index contributed by atoms with van der Waals surface area (Å²) in [7, 11) is 1.38. The van der Waals surface area contributed by atoms with Gasteiger partial charge in [-0.25, -0.2) is 9.37 Å². The second kappa shape index (κ2) is 7.35. The SMILES string of the molecule is CCC(Nc1c(Nc2cc(F)cnc2OC)c(=O)c1=O)c1ccccc1. The summed E-state index contributed by atoms with van der Waals surface area (Å²) in [6.45, 7) is 1.98. The highest BCUT2D eigenvalue weighted by Gasteiger charge is 2.24. The summed E-state index contributed by atoms with van der Waals surface area (Å²) in [6, 6.07) is 10.6. The number of aromatic nitrogens is 1. The van der Waals surface area contributed by atoms with E-state index >= 15 is 0 Å². The van der Waals surface area contributed by atoms with Gasteiger partial charge in [-0.2, -0.15) is 0 Å². The molecule has 3 aromatic rings. The van der Waals surface area contributed by atoms with Gasteiger partial charge < -0.3 is 15.4 Å². The molecule has 0 bridgehead atoms. The Bertz CT molecular complexity index is 982. The van der Waals surface area contributed by atoms with Gasteiger partial charge in [-0.05, 0) is 12.0 Å². The molecule has 1 atom stereocenters. The first-order valence-corrected chi connectivity index (χ1v) is 8.16. The first-order valence-electron chi connectivity index (χ1n) is 8.16. The van der Waals surface area contributed by atoms with Crippen LogP contribution in [0.3, 0.4) is 0 Å². The van der Waals surface area contributed by atoms with Crippen LogP contribution in [0.5, 0.6) is 5.88 Å². The molecule has 2 N–H and O–H groups in total.